The Morgan fingerprint density at radius 1 is 1.39 bits per heavy atom. The fourth-order valence-electron chi connectivity index (χ4n) is 2.47. The normalized spacial score (nSPS) is 17.1. The van der Waals surface area contributed by atoms with Crippen LogP contribution in [0.4, 0.5) is 0 Å². The molecule has 2 aromatic rings. The molecule has 1 aliphatic carbocycles. The second-order valence-electron chi connectivity index (χ2n) is 4.66. The summed E-state index contributed by atoms with van der Waals surface area (Å²) in [7, 11) is 0. The van der Waals surface area contributed by atoms with Gasteiger partial charge in [0.05, 0.1) is 11.6 Å². The van der Waals surface area contributed by atoms with Crippen LogP contribution in [0.3, 0.4) is 0 Å². The highest BCUT2D eigenvalue weighted by molar-refractivity contribution is 5.83. The lowest BCUT2D eigenvalue weighted by Gasteiger charge is -2.38. The molecule has 0 aliphatic heterocycles. The minimum atomic E-state index is -0.738. The van der Waals surface area contributed by atoms with Crippen molar-refractivity contribution in [3.8, 4) is 11.5 Å². The first-order valence-corrected chi connectivity index (χ1v) is 5.96. The van der Waals surface area contributed by atoms with Crippen molar-refractivity contribution in [3.63, 3.8) is 0 Å². The van der Waals surface area contributed by atoms with Crippen molar-refractivity contribution in [1.29, 1.82) is 0 Å². The van der Waals surface area contributed by atoms with Crippen LogP contribution in [0.1, 0.15) is 24.8 Å². The van der Waals surface area contributed by atoms with Gasteiger partial charge in [0.1, 0.15) is 6.26 Å². The summed E-state index contributed by atoms with van der Waals surface area (Å²) in [6, 6.07) is 7.49. The lowest BCUT2D eigenvalue weighted by atomic mass is 9.64. The molecule has 1 heterocycles. The first-order valence-electron chi connectivity index (χ1n) is 5.96. The lowest BCUT2D eigenvalue weighted by molar-refractivity contribution is -0.147. The molecule has 1 N–H and O–H groups in total. The number of carboxylic acid groups (broad SMARTS) is 1. The van der Waals surface area contributed by atoms with Crippen LogP contribution in [-0.4, -0.2) is 16.1 Å². The Morgan fingerprint density at radius 2 is 2.22 bits per heavy atom. The van der Waals surface area contributed by atoms with E-state index in [1.165, 1.54) is 6.26 Å². The molecule has 1 aromatic carbocycles. The summed E-state index contributed by atoms with van der Waals surface area (Å²) in [6.45, 7) is 0. The number of oxazole rings is 1. The molecule has 0 bridgehead atoms. The Hall–Kier alpha value is -2.10. The smallest absolute Gasteiger partial charge is 0.314 e. The summed E-state index contributed by atoms with van der Waals surface area (Å²) < 4.78 is 5.24. The van der Waals surface area contributed by atoms with Gasteiger partial charge in [0.15, 0.2) is 0 Å². The number of rotatable bonds is 3. The molecule has 3 rings (SSSR count). The number of hydrogen-bond donors (Lipinski definition) is 1. The third-order valence-electron chi connectivity index (χ3n) is 3.71. The van der Waals surface area contributed by atoms with Gasteiger partial charge < -0.3 is 9.52 Å². The van der Waals surface area contributed by atoms with Gasteiger partial charge >= 0.3 is 5.97 Å². The number of carboxylic acids is 1. The number of hydrogen-bond acceptors (Lipinski definition) is 3. The van der Waals surface area contributed by atoms with E-state index in [1.54, 1.807) is 6.20 Å². The Labute approximate surface area is 104 Å². The van der Waals surface area contributed by atoms with Crippen molar-refractivity contribution < 1.29 is 14.3 Å². The SMILES string of the molecule is O=C(O)C1(c2cccc(-c3ncco3)c2)CCC1. The molecule has 1 fully saturated rings. The minimum absolute atomic E-state index is 0.525. The monoisotopic (exact) mass is 243 g/mol. The first kappa shape index (κ1) is 11.0. The highest BCUT2D eigenvalue weighted by atomic mass is 16.4. The van der Waals surface area contributed by atoms with Crippen molar-refractivity contribution in [2.24, 2.45) is 0 Å². The highest BCUT2D eigenvalue weighted by Gasteiger charge is 2.45. The predicted octanol–water partition coefficient (Wildman–Crippen LogP) is 2.85. The molecule has 0 atom stereocenters. The zero-order chi connectivity index (χ0) is 12.6. The summed E-state index contributed by atoms with van der Waals surface area (Å²) in [6.07, 6.45) is 5.47. The van der Waals surface area contributed by atoms with Gasteiger partial charge in [-0.05, 0) is 30.5 Å². The van der Waals surface area contributed by atoms with Crippen molar-refractivity contribution in [3.05, 3.63) is 42.3 Å². The topological polar surface area (TPSA) is 63.3 Å². The molecule has 4 heteroatoms. The Balaban J connectivity index is 2.04. The van der Waals surface area contributed by atoms with Crippen LogP contribution < -0.4 is 0 Å². The average Bonchev–Trinajstić information content (AvgIpc) is 2.80. The fraction of sp³-hybridized carbons (Fsp3) is 0.286. The second kappa shape index (κ2) is 3.98. The summed E-state index contributed by atoms with van der Waals surface area (Å²) in [5.41, 5.74) is 0.963. The van der Waals surface area contributed by atoms with Gasteiger partial charge in [-0.15, -0.1) is 0 Å². The maximum Gasteiger partial charge on any atom is 0.314 e. The Bertz CT molecular complexity index is 570. The number of aliphatic carboxylic acids is 1. The van der Waals surface area contributed by atoms with E-state index in [0.29, 0.717) is 18.7 Å². The molecule has 1 saturated carbocycles. The van der Waals surface area contributed by atoms with E-state index in [2.05, 4.69) is 4.98 Å². The van der Waals surface area contributed by atoms with Crippen LogP contribution in [0, 0.1) is 0 Å². The van der Waals surface area contributed by atoms with Gasteiger partial charge in [0.25, 0.3) is 0 Å². The summed E-state index contributed by atoms with van der Waals surface area (Å²) >= 11 is 0. The van der Waals surface area contributed by atoms with Crippen LogP contribution in [-0.2, 0) is 10.2 Å². The van der Waals surface area contributed by atoms with Crippen LogP contribution in [0.25, 0.3) is 11.5 Å². The van der Waals surface area contributed by atoms with Gasteiger partial charge in [0.2, 0.25) is 5.89 Å². The zero-order valence-electron chi connectivity index (χ0n) is 9.80. The molecular formula is C14H13NO3. The number of benzene rings is 1. The average molecular weight is 243 g/mol. The standard InChI is InChI=1S/C14H13NO3/c16-13(17)14(5-2-6-14)11-4-1-3-10(9-11)12-15-7-8-18-12/h1,3-4,7-9H,2,5-6H2,(H,16,17). The molecule has 1 aliphatic rings. The van der Waals surface area contributed by atoms with Gasteiger partial charge in [-0.3, -0.25) is 4.79 Å². The number of aromatic nitrogens is 1. The molecule has 92 valence electrons. The van der Waals surface area contributed by atoms with Crippen molar-refractivity contribution in [2.45, 2.75) is 24.7 Å². The van der Waals surface area contributed by atoms with Gasteiger partial charge in [-0.25, -0.2) is 4.98 Å². The molecule has 0 spiro atoms. The van der Waals surface area contributed by atoms with Crippen LogP contribution in [0.15, 0.2) is 41.1 Å². The van der Waals surface area contributed by atoms with E-state index in [4.69, 9.17) is 4.42 Å². The van der Waals surface area contributed by atoms with E-state index < -0.39 is 11.4 Å². The van der Waals surface area contributed by atoms with E-state index in [-0.39, 0.29) is 0 Å². The molecule has 0 unspecified atom stereocenters. The van der Waals surface area contributed by atoms with Crippen molar-refractivity contribution in [1.82, 2.24) is 4.98 Å². The molecule has 0 radical (unpaired) electrons. The number of carbonyl (C=O) groups is 1. The van der Waals surface area contributed by atoms with Crippen LogP contribution >= 0.6 is 0 Å². The highest BCUT2D eigenvalue weighted by Crippen LogP contribution is 2.44. The number of nitrogens with zero attached hydrogens (tertiary/aromatic N) is 1. The molecular weight excluding hydrogens is 230 g/mol. The lowest BCUT2D eigenvalue weighted by Crippen LogP contribution is -2.42. The third-order valence-corrected chi connectivity index (χ3v) is 3.71. The second-order valence-corrected chi connectivity index (χ2v) is 4.66. The zero-order valence-corrected chi connectivity index (χ0v) is 9.80. The van der Waals surface area contributed by atoms with Crippen molar-refractivity contribution >= 4 is 5.97 Å². The largest absolute Gasteiger partial charge is 0.481 e. The maximum atomic E-state index is 11.5. The van der Waals surface area contributed by atoms with E-state index in [0.717, 1.165) is 17.5 Å². The quantitative estimate of drug-likeness (QED) is 0.900. The maximum absolute atomic E-state index is 11.5. The van der Waals surface area contributed by atoms with E-state index in [9.17, 15) is 9.90 Å². The van der Waals surface area contributed by atoms with Gasteiger partial charge in [-0.2, -0.15) is 0 Å². The Morgan fingerprint density at radius 3 is 2.78 bits per heavy atom. The van der Waals surface area contributed by atoms with Gasteiger partial charge in [0, 0.05) is 5.56 Å². The van der Waals surface area contributed by atoms with Gasteiger partial charge in [-0.1, -0.05) is 18.6 Å². The fourth-order valence-corrected chi connectivity index (χ4v) is 2.47. The predicted molar refractivity (Wildman–Crippen MR) is 65.1 cm³/mol. The molecule has 18 heavy (non-hydrogen) atoms. The van der Waals surface area contributed by atoms with E-state index in [1.807, 2.05) is 24.3 Å². The summed E-state index contributed by atoms with van der Waals surface area (Å²) in [5, 5.41) is 9.42. The minimum Gasteiger partial charge on any atom is -0.481 e. The summed E-state index contributed by atoms with van der Waals surface area (Å²) in [4.78, 5) is 15.5. The van der Waals surface area contributed by atoms with Crippen LogP contribution in [0.2, 0.25) is 0 Å². The molecule has 0 amide bonds. The molecule has 4 nitrogen and oxygen atoms in total. The van der Waals surface area contributed by atoms with Crippen LogP contribution in [0.5, 0.6) is 0 Å². The molecule has 0 saturated heterocycles. The third kappa shape index (κ3) is 1.53. The first-order chi connectivity index (χ1) is 8.72. The Kier molecular flexibility index (Phi) is 2.44. The molecule has 1 aromatic heterocycles. The summed E-state index contributed by atoms with van der Waals surface area (Å²) in [5.74, 6) is -0.213. The van der Waals surface area contributed by atoms with Crippen molar-refractivity contribution in [2.75, 3.05) is 0 Å². The van der Waals surface area contributed by atoms with E-state index >= 15 is 0 Å².